The molecule has 1 aromatic rings. The molecule has 0 unspecified atom stereocenters. The lowest BCUT2D eigenvalue weighted by atomic mass is 10.2. The molecule has 15 heavy (non-hydrogen) atoms. The largest absolute Gasteiger partial charge is 0.494 e. The van der Waals surface area contributed by atoms with Gasteiger partial charge in [-0.15, -0.1) is 0 Å². The summed E-state index contributed by atoms with van der Waals surface area (Å²) < 4.78 is 18.2. The van der Waals surface area contributed by atoms with Gasteiger partial charge in [0, 0.05) is 18.8 Å². The quantitative estimate of drug-likeness (QED) is 0.777. The molecule has 0 aliphatic heterocycles. The highest BCUT2D eigenvalue weighted by Crippen LogP contribution is 2.18. The average molecular weight is 229 g/mol. The lowest BCUT2D eigenvalue weighted by molar-refractivity contribution is 0.346. The maximum Gasteiger partial charge on any atom is 0.165 e. The van der Waals surface area contributed by atoms with Crippen LogP contribution in [0.4, 0.5) is 4.39 Å². The van der Waals surface area contributed by atoms with E-state index in [1.165, 1.54) is 13.2 Å². The van der Waals surface area contributed by atoms with Gasteiger partial charge in [0.1, 0.15) is 0 Å². The standard InChI is InChI=1S/C11H16FNOS/c1-13(5-6-15)8-9-3-4-11(14-2)10(12)7-9/h3-4,7,15H,5-6,8H2,1-2H3. The van der Waals surface area contributed by atoms with Crippen LogP contribution >= 0.6 is 12.6 Å². The van der Waals surface area contributed by atoms with Gasteiger partial charge in [-0.05, 0) is 24.7 Å². The van der Waals surface area contributed by atoms with Gasteiger partial charge in [0.05, 0.1) is 7.11 Å². The van der Waals surface area contributed by atoms with Gasteiger partial charge in [-0.25, -0.2) is 4.39 Å². The van der Waals surface area contributed by atoms with Crippen molar-refractivity contribution >= 4 is 12.6 Å². The van der Waals surface area contributed by atoms with Crippen molar-refractivity contribution in [2.45, 2.75) is 6.54 Å². The maximum atomic E-state index is 13.3. The highest BCUT2D eigenvalue weighted by atomic mass is 32.1. The van der Waals surface area contributed by atoms with Gasteiger partial charge in [-0.2, -0.15) is 12.6 Å². The third-order valence-corrected chi connectivity index (χ3v) is 2.35. The molecule has 4 heteroatoms. The highest BCUT2D eigenvalue weighted by Gasteiger charge is 2.05. The maximum absolute atomic E-state index is 13.3. The Kier molecular flexibility index (Phi) is 4.91. The molecule has 0 saturated carbocycles. The first-order valence-corrected chi connectivity index (χ1v) is 5.42. The van der Waals surface area contributed by atoms with E-state index in [9.17, 15) is 4.39 Å². The zero-order chi connectivity index (χ0) is 11.3. The topological polar surface area (TPSA) is 12.5 Å². The van der Waals surface area contributed by atoms with Crippen LogP contribution in [0.5, 0.6) is 5.75 Å². The number of thiol groups is 1. The van der Waals surface area contributed by atoms with Gasteiger partial charge in [0.25, 0.3) is 0 Å². The summed E-state index contributed by atoms with van der Waals surface area (Å²) in [4.78, 5) is 2.09. The third kappa shape index (κ3) is 3.72. The molecular formula is C11H16FNOS. The van der Waals surface area contributed by atoms with Gasteiger partial charge >= 0.3 is 0 Å². The average Bonchev–Trinajstić information content (AvgIpc) is 2.18. The Morgan fingerprint density at radius 1 is 1.47 bits per heavy atom. The summed E-state index contributed by atoms with van der Waals surface area (Å²) in [5.74, 6) is 0.777. The summed E-state index contributed by atoms with van der Waals surface area (Å²) in [6.07, 6.45) is 0. The molecule has 0 atom stereocenters. The number of halogens is 1. The zero-order valence-electron chi connectivity index (χ0n) is 9.03. The van der Waals surface area contributed by atoms with Crippen molar-refractivity contribution in [3.63, 3.8) is 0 Å². The highest BCUT2D eigenvalue weighted by molar-refractivity contribution is 7.80. The van der Waals surface area contributed by atoms with Crippen LogP contribution in [-0.4, -0.2) is 31.4 Å². The Morgan fingerprint density at radius 3 is 2.73 bits per heavy atom. The van der Waals surface area contributed by atoms with Gasteiger partial charge in [-0.1, -0.05) is 6.07 Å². The molecule has 0 aromatic heterocycles. The predicted molar refractivity (Wildman–Crippen MR) is 63.1 cm³/mol. The molecule has 1 rings (SSSR count). The van der Waals surface area contributed by atoms with E-state index >= 15 is 0 Å². The SMILES string of the molecule is COc1ccc(CN(C)CCS)cc1F. The fraction of sp³-hybridized carbons (Fsp3) is 0.455. The molecule has 1 aromatic carbocycles. The van der Waals surface area contributed by atoms with Crippen molar-refractivity contribution in [2.75, 3.05) is 26.5 Å². The smallest absolute Gasteiger partial charge is 0.165 e. The Morgan fingerprint density at radius 2 is 2.20 bits per heavy atom. The van der Waals surface area contributed by atoms with E-state index in [1.807, 2.05) is 13.1 Å². The second kappa shape index (κ2) is 5.98. The molecule has 0 spiro atoms. The molecule has 0 aliphatic rings. The molecule has 2 nitrogen and oxygen atoms in total. The number of benzene rings is 1. The molecule has 0 fully saturated rings. The monoisotopic (exact) mass is 229 g/mol. The van der Waals surface area contributed by atoms with E-state index in [2.05, 4.69) is 17.5 Å². The normalized spacial score (nSPS) is 10.7. The van der Waals surface area contributed by atoms with Crippen molar-refractivity contribution < 1.29 is 9.13 Å². The van der Waals surface area contributed by atoms with E-state index in [1.54, 1.807) is 6.07 Å². The second-order valence-electron chi connectivity index (χ2n) is 3.43. The van der Waals surface area contributed by atoms with E-state index < -0.39 is 0 Å². The Labute approximate surface area is 95.5 Å². The molecular weight excluding hydrogens is 213 g/mol. The van der Waals surface area contributed by atoms with E-state index in [-0.39, 0.29) is 11.6 Å². The van der Waals surface area contributed by atoms with Crippen molar-refractivity contribution in [2.24, 2.45) is 0 Å². The Balaban J connectivity index is 2.66. The minimum Gasteiger partial charge on any atom is -0.494 e. The zero-order valence-corrected chi connectivity index (χ0v) is 9.93. The first-order chi connectivity index (χ1) is 7.17. The van der Waals surface area contributed by atoms with Crippen LogP contribution in [0, 0.1) is 5.82 Å². The van der Waals surface area contributed by atoms with E-state index in [4.69, 9.17) is 4.74 Å². The van der Waals surface area contributed by atoms with Crippen LogP contribution in [0.1, 0.15) is 5.56 Å². The van der Waals surface area contributed by atoms with E-state index in [0.29, 0.717) is 0 Å². The molecule has 84 valence electrons. The second-order valence-corrected chi connectivity index (χ2v) is 3.88. The number of hydrogen-bond donors (Lipinski definition) is 1. The fourth-order valence-electron chi connectivity index (χ4n) is 1.37. The minimum atomic E-state index is -0.311. The molecule has 0 bridgehead atoms. The molecule has 0 aliphatic carbocycles. The molecule has 0 N–H and O–H groups in total. The summed E-state index contributed by atoms with van der Waals surface area (Å²) in [7, 11) is 3.45. The van der Waals surface area contributed by atoms with Gasteiger partial charge in [0.2, 0.25) is 0 Å². The number of rotatable bonds is 5. The first kappa shape index (κ1) is 12.3. The number of methoxy groups -OCH3 is 1. The first-order valence-electron chi connectivity index (χ1n) is 4.79. The summed E-state index contributed by atoms with van der Waals surface area (Å²) in [5.41, 5.74) is 0.942. The predicted octanol–water partition coefficient (Wildman–Crippen LogP) is 2.20. The van der Waals surface area contributed by atoms with Crippen LogP contribution in [-0.2, 0) is 6.54 Å². The van der Waals surface area contributed by atoms with Crippen molar-refractivity contribution in [3.05, 3.63) is 29.6 Å². The lowest BCUT2D eigenvalue weighted by Crippen LogP contribution is -2.20. The number of ether oxygens (including phenoxy) is 1. The molecule has 0 heterocycles. The number of nitrogens with zero attached hydrogens (tertiary/aromatic N) is 1. The summed E-state index contributed by atoms with van der Waals surface area (Å²) in [5, 5.41) is 0. The molecule has 0 radical (unpaired) electrons. The van der Waals surface area contributed by atoms with Crippen molar-refractivity contribution in [3.8, 4) is 5.75 Å². The molecule has 0 saturated heterocycles. The van der Waals surface area contributed by atoms with E-state index in [0.717, 1.165) is 24.4 Å². The Bertz CT molecular complexity index is 319. The van der Waals surface area contributed by atoms with Crippen LogP contribution in [0.25, 0.3) is 0 Å². The van der Waals surface area contributed by atoms with Crippen molar-refractivity contribution in [1.82, 2.24) is 4.90 Å². The van der Waals surface area contributed by atoms with Gasteiger partial charge in [0.15, 0.2) is 11.6 Å². The summed E-state index contributed by atoms with van der Waals surface area (Å²) >= 11 is 4.14. The van der Waals surface area contributed by atoms with Crippen LogP contribution in [0.15, 0.2) is 18.2 Å². The Hall–Kier alpha value is -0.740. The van der Waals surface area contributed by atoms with Crippen molar-refractivity contribution in [1.29, 1.82) is 0 Å². The fourth-order valence-corrected chi connectivity index (χ4v) is 1.71. The third-order valence-electron chi connectivity index (χ3n) is 2.15. The number of hydrogen-bond acceptors (Lipinski definition) is 3. The van der Waals surface area contributed by atoms with Crippen LogP contribution in [0.2, 0.25) is 0 Å². The summed E-state index contributed by atoms with van der Waals surface area (Å²) in [6, 6.07) is 5.03. The van der Waals surface area contributed by atoms with Crippen LogP contribution < -0.4 is 4.74 Å². The summed E-state index contributed by atoms with van der Waals surface area (Å²) in [6.45, 7) is 1.61. The lowest BCUT2D eigenvalue weighted by Gasteiger charge is -2.15. The van der Waals surface area contributed by atoms with Gasteiger partial charge < -0.3 is 9.64 Å². The molecule has 0 amide bonds. The minimum absolute atomic E-state index is 0.288. The van der Waals surface area contributed by atoms with Gasteiger partial charge in [-0.3, -0.25) is 0 Å². The van der Waals surface area contributed by atoms with Crippen LogP contribution in [0.3, 0.4) is 0 Å².